The van der Waals surface area contributed by atoms with Crippen molar-refractivity contribution in [1.82, 2.24) is 20.1 Å². The monoisotopic (exact) mass is 351 g/mol. The number of aromatic nitrogens is 3. The number of carbonyl (C=O) groups is 1. The molecule has 1 saturated carbocycles. The van der Waals surface area contributed by atoms with Gasteiger partial charge in [0.1, 0.15) is 0 Å². The van der Waals surface area contributed by atoms with Gasteiger partial charge in [-0.2, -0.15) is 5.10 Å². The summed E-state index contributed by atoms with van der Waals surface area (Å²) in [6.07, 6.45) is 2.85. The van der Waals surface area contributed by atoms with E-state index in [0.717, 1.165) is 0 Å². The molecule has 2 aliphatic rings. The summed E-state index contributed by atoms with van der Waals surface area (Å²) in [5, 5.41) is 9.43. The molecule has 1 amide bonds. The molecule has 6 nitrogen and oxygen atoms in total. The van der Waals surface area contributed by atoms with Gasteiger partial charge in [0, 0.05) is 49.8 Å². The number of hydrogen-bond donors (Lipinski definition) is 2. The lowest BCUT2D eigenvalue weighted by molar-refractivity contribution is 0.00850. The lowest BCUT2D eigenvalue weighted by Gasteiger charge is -2.16. The van der Waals surface area contributed by atoms with Gasteiger partial charge in [0.05, 0.1) is 17.5 Å². The third kappa shape index (κ3) is 2.73. The molecule has 1 unspecified atom stereocenters. The van der Waals surface area contributed by atoms with Gasteiger partial charge < -0.3 is 10.6 Å². The van der Waals surface area contributed by atoms with Crippen LogP contribution in [0.2, 0.25) is 0 Å². The zero-order chi connectivity index (χ0) is 17.8. The standard InChI is InChI=1S/C16H16F3N5O/c1-24-7-8(5-21-24)13-11-10(6-20-15(11)25)12(17)14(23-13)22-9-2-3-16(18,19)4-9/h5,7,9H,2-4,6H2,1H3,(H,20,25)(H,22,23). The Labute approximate surface area is 141 Å². The smallest absolute Gasteiger partial charge is 0.254 e. The molecule has 1 atom stereocenters. The van der Waals surface area contributed by atoms with Gasteiger partial charge in [-0.25, -0.2) is 18.2 Å². The third-order valence-electron chi connectivity index (χ3n) is 4.61. The maximum absolute atomic E-state index is 14.8. The number of aryl methyl sites for hydroxylation is 1. The van der Waals surface area contributed by atoms with Crippen LogP contribution in [0.3, 0.4) is 0 Å². The Morgan fingerprint density at radius 3 is 2.88 bits per heavy atom. The second kappa shape index (κ2) is 5.47. The third-order valence-corrected chi connectivity index (χ3v) is 4.61. The molecule has 0 spiro atoms. The van der Waals surface area contributed by atoms with Crippen molar-refractivity contribution in [1.29, 1.82) is 0 Å². The van der Waals surface area contributed by atoms with E-state index in [1.165, 1.54) is 6.20 Å². The first-order valence-electron chi connectivity index (χ1n) is 7.98. The van der Waals surface area contributed by atoms with Gasteiger partial charge in [-0.15, -0.1) is 0 Å². The number of hydrogen-bond acceptors (Lipinski definition) is 4. The molecule has 1 fully saturated rings. The van der Waals surface area contributed by atoms with E-state index in [4.69, 9.17) is 0 Å². The van der Waals surface area contributed by atoms with Crippen LogP contribution in [0.4, 0.5) is 19.0 Å². The molecule has 25 heavy (non-hydrogen) atoms. The Balaban J connectivity index is 1.77. The first kappa shape index (κ1) is 15.9. The van der Waals surface area contributed by atoms with Crippen molar-refractivity contribution in [2.75, 3.05) is 5.32 Å². The van der Waals surface area contributed by atoms with Crippen molar-refractivity contribution >= 4 is 11.7 Å². The Morgan fingerprint density at radius 1 is 1.44 bits per heavy atom. The molecule has 132 valence electrons. The lowest BCUT2D eigenvalue weighted by atomic mass is 10.0. The van der Waals surface area contributed by atoms with E-state index in [1.807, 2.05) is 0 Å². The van der Waals surface area contributed by atoms with Gasteiger partial charge in [-0.3, -0.25) is 9.48 Å². The predicted octanol–water partition coefficient (Wildman–Crippen LogP) is 2.46. The topological polar surface area (TPSA) is 71.8 Å². The normalized spacial score (nSPS) is 21.3. The van der Waals surface area contributed by atoms with E-state index in [0.29, 0.717) is 11.3 Å². The zero-order valence-electron chi connectivity index (χ0n) is 13.4. The molecular weight excluding hydrogens is 335 g/mol. The highest BCUT2D eigenvalue weighted by Crippen LogP contribution is 2.38. The van der Waals surface area contributed by atoms with Gasteiger partial charge in [0.15, 0.2) is 11.6 Å². The molecular formula is C16H16F3N5O. The number of pyridine rings is 1. The quantitative estimate of drug-likeness (QED) is 0.891. The Kier molecular flexibility index (Phi) is 3.48. The summed E-state index contributed by atoms with van der Waals surface area (Å²) in [7, 11) is 1.72. The summed E-state index contributed by atoms with van der Waals surface area (Å²) >= 11 is 0. The van der Waals surface area contributed by atoms with Gasteiger partial charge in [-0.05, 0) is 6.42 Å². The van der Waals surface area contributed by atoms with Crippen LogP contribution in [0.1, 0.15) is 35.2 Å². The van der Waals surface area contributed by atoms with Crippen LogP contribution in [-0.2, 0) is 13.6 Å². The van der Waals surface area contributed by atoms with Crippen molar-refractivity contribution in [3.63, 3.8) is 0 Å². The number of carbonyl (C=O) groups excluding carboxylic acids is 1. The van der Waals surface area contributed by atoms with Crippen molar-refractivity contribution < 1.29 is 18.0 Å². The predicted molar refractivity (Wildman–Crippen MR) is 83.8 cm³/mol. The van der Waals surface area contributed by atoms with Crippen LogP contribution in [0, 0.1) is 5.82 Å². The maximum atomic E-state index is 14.8. The molecule has 2 N–H and O–H groups in total. The highest BCUT2D eigenvalue weighted by molar-refractivity contribution is 6.04. The van der Waals surface area contributed by atoms with E-state index < -0.39 is 23.7 Å². The van der Waals surface area contributed by atoms with E-state index in [2.05, 4.69) is 20.7 Å². The van der Waals surface area contributed by atoms with Crippen LogP contribution in [-0.4, -0.2) is 32.6 Å². The minimum atomic E-state index is -2.74. The summed E-state index contributed by atoms with van der Waals surface area (Å²) in [6.45, 7) is 0.0469. The van der Waals surface area contributed by atoms with Crippen LogP contribution in [0.25, 0.3) is 11.3 Å². The highest BCUT2D eigenvalue weighted by Gasteiger charge is 2.40. The lowest BCUT2D eigenvalue weighted by Crippen LogP contribution is -2.21. The van der Waals surface area contributed by atoms with Crippen LogP contribution in [0.15, 0.2) is 12.4 Å². The number of nitrogens with one attached hydrogen (secondary N) is 2. The SMILES string of the molecule is Cn1cc(-c2nc(NC3CCC(F)(F)C3)c(F)c3c2C(=O)NC3)cn1. The number of amides is 1. The zero-order valence-corrected chi connectivity index (χ0v) is 13.4. The number of anilines is 1. The maximum Gasteiger partial charge on any atom is 0.254 e. The average Bonchev–Trinajstić information content (AvgIpc) is 3.22. The summed E-state index contributed by atoms with van der Waals surface area (Å²) < 4.78 is 43.1. The van der Waals surface area contributed by atoms with E-state index in [9.17, 15) is 18.0 Å². The second-order valence-electron chi connectivity index (χ2n) is 6.50. The number of halogens is 3. The molecule has 1 aliphatic heterocycles. The molecule has 4 rings (SSSR count). The van der Waals surface area contributed by atoms with E-state index in [-0.39, 0.29) is 42.8 Å². The number of alkyl halides is 2. The van der Waals surface area contributed by atoms with Crippen LogP contribution >= 0.6 is 0 Å². The Hall–Kier alpha value is -2.58. The van der Waals surface area contributed by atoms with Gasteiger partial charge in [0.2, 0.25) is 5.92 Å². The molecule has 0 aromatic carbocycles. The fourth-order valence-corrected chi connectivity index (χ4v) is 3.39. The number of rotatable bonds is 3. The Morgan fingerprint density at radius 2 is 2.24 bits per heavy atom. The fraction of sp³-hybridized carbons (Fsp3) is 0.438. The number of fused-ring (bicyclic) bond motifs is 1. The molecule has 3 heterocycles. The number of nitrogens with zero attached hydrogens (tertiary/aromatic N) is 3. The van der Waals surface area contributed by atoms with Gasteiger partial charge >= 0.3 is 0 Å². The largest absolute Gasteiger partial charge is 0.365 e. The summed E-state index contributed by atoms with van der Waals surface area (Å²) in [5.74, 6) is -3.92. The minimum Gasteiger partial charge on any atom is -0.365 e. The van der Waals surface area contributed by atoms with E-state index >= 15 is 0 Å². The summed E-state index contributed by atoms with van der Waals surface area (Å²) in [4.78, 5) is 16.3. The van der Waals surface area contributed by atoms with E-state index in [1.54, 1.807) is 17.9 Å². The molecule has 2 aromatic rings. The average molecular weight is 351 g/mol. The first-order valence-corrected chi connectivity index (χ1v) is 7.98. The molecule has 2 aromatic heterocycles. The van der Waals surface area contributed by atoms with Crippen molar-refractivity contribution in [2.45, 2.75) is 37.8 Å². The van der Waals surface area contributed by atoms with Crippen molar-refractivity contribution in [2.24, 2.45) is 7.05 Å². The highest BCUT2D eigenvalue weighted by atomic mass is 19.3. The molecule has 0 radical (unpaired) electrons. The van der Waals surface area contributed by atoms with Crippen molar-refractivity contribution in [3.8, 4) is 11.3 Å². The van der Waals surface area contributed by atoms with Gasteiger partial charge in [-0.1, -0.05) is 0 Å². The minimum absolute atomic E-state index is 0.0469. The van der Waals surface area contributed by atoms with Crippen LogP contribution < -0.4 is 10.6 Å². The van der Waals surface area contributed by atoms with Crippen LogP contribution in [0.5, 0.6) is 0 Å². The Bertz CT molecular complexity index is 864. The summed E-state index contributed by atoms with van der Waals surface area (Å²) in [5.41, 5.74) is 1.24. The van der Waals surface area contributed by atoms with Gasteiger partial charge in [0.25, 0.3) is 5.91 Å². The second-order valence-corrected chi connectivity index (χ2v) is 6.50. The fourth-order valence-electron chi connectivity index (χ4n) is 3.39. The summed E-state index contributed by atoms with van der Waals surface area (Å²) in [6, 6.07) is -0.554. The van der Waals surface area contributed by atoms with Crippen molar-refractivity contribution in [3.05, 3.63) is 29.3 Å². The first-order chi connectivity index (χ1) is 11.8. The molecule has 0 saturated heterocycles. The molecule has 9 heteroatoms. The molecule has 0 bridgehead atoms. The molecule has 1 aliphatic carbocycles.